The Kier molecular flexibility index (Phi) is 5.84. The molecule has 0 unspecified atom stereocenters. The quantitative estimate of drug-likeness (QED) is 0.743. The van der Waals surface area contributed by atoms with E-state index in [4.69, 9.17) is 0 Å². The maximum Gasteiger partial charge on any atom is 0.138 e. The van der Waals surface area contributed by atoms with Crippen molar-refractivity contribution in [2.45, 2.75) is 60.3 Å². The van der Waals surface area contributed by atoms with E-state index in [2.05, 4.69) is 25.7 Å². The summed E-state index contributed by atoms with van der Waals surface area (Å²) >= 11 is 0. The van der Waals surface area contributed by atoms with Crippen molar-refractivity contribution in [3.05, 3.63) is 0 Å². The Morgan fingerprint density at radius 2 is 1.78 bits per heavy atom. The van der Waals surface area contributed by atoms with E-state index in [0.29, 0.717) is 17.1 Å². The molecule has 106 valence electrons. The maximum atomic E-state index is 11.9. The third-order valence-electron chi connectivity index (χ3n) is 3.96. The van der Waals surface area contributed by atoms with Gasteiger partial charge in [-0.25, -0.2) is 0 Å². The van der Waals surface area contributed by atoms with Gasteiger partial charge in [-0.2, -0.15) is 0 Å². The van der Waals surface area contributed by atoms with Gasteiger partial charge in [-0.15, -0.1) is 0 Å². The second-order valence-electron chi connectivity index (χ2n) is 7.34. The van der Waals surface area contributed by atoms with Gasteiger partial charge in [0.05, 0.1) is 0 Å². The average molecular weight is 253 g/mol. The Labute approximate surface area is 113 Å². The Hall–Kier alpha value is -0.370. The third-order valence-corrected chi connectivity index (χ3v) is 3.96. The molecule has 0 aromatic rings. The van der Waals surface area contributed by atoms with Gasteiger partial charge < -0.3 is 4.90 Å². The van der Waals surface area contributed by atoms with Crippen LogP contribution in [0.4, 0.5) is 0 Å². The van der Waals surface area contributed by atoms with Crippen LogP contribution in [0, 0.1) is 17.3 Å². The molecule has 0 N–H and O–H groups in total. The summed E-state index contributed by atoms with van der Waals surface area (Å²) < 4.78 is 0. The van der Waals surface area contributed by atoms with Crippen molar-refractivity contribution >= 4 is 5.78 Å². The van der Waals surface area contributed by atoms with Crippen LogP contribution in [0.3, 0.4) is 0 Å². The first-order chi connectivity index (χ1) is 8.29. The molecule has 1 aliphatic heterocycles. The zero-order valence-electron chi connectivity index (χ0n) is 13.0. The summed E-state index contributed by atoms with van der Waals surface area (Å²) in [6.07, 6.45) is 4.73. The number of likely N-dealkylation sites (tertiary alicyclic amines) is 1. The van der Waals surface area contributed by atoms with E-state index in [1.54, 1.807) is 0 Å². The number of carbonyl (C=O) groups is 1. The van der Waals surface area contributed by atoms with Crippen LogP contribution < -0.4 is 0 Å². The molecule has 0 amide bonds. The lowest BCUT2D eigenvalue weighted by atomic mass is 9.87. The molecule has 1 aliphatic rings. The summed E-state index contributed by atoms with van der Waals surface area (Å²) in [5.74, 6) is 1.02. The summed E-state index contributed by atoms with van der Waals surface area (Å²) in [5, 5.41) is 0. The van der Waals surface area contributed by atoms with E-state index >= 15 is 0 Å². The molecule has 1 fully saturated rings. The van der Waals surface area contributed by atoms with Crippen LogP contribution in [-0.2, 0) is 4.79 Å². The van der Waals surface area contributed by atoms with Crippen LogP contribution in [0.15, 0.2) is 0 Å². The highest BCUT2D eigenvalue weighted by Crippen LogP contribution is 2.24. The zero-order chi connectivity index (χ0) is 13.8. The second-order valence-corrected chi connectivity index (χ2v) is 7.34. The molecule has 0 aromatic carbocycles. The molecule has 18 heavy (non-hydrogen) atoms. The molecule has 0 radical (unpaired) electrons. The molecule has 2 heteroatoms. The first-order valence-corrected chi connectivity index (χ1v) is 7.55. The molecule has 0 atom stereocenters. The van der Waals surface area contributed by atoms with Crippen LogP contribution in [0.25, 0.3) is 0 Å². The number of ketones is 1. The second kappa shape index (κ2) is 6.70. The predicted octanol–water partition coefficient (Wildman–Crippen LogP) is 3.75. The molecule has 0 aromatic heterocycles. The lowest BCUT2D eigenvalue weighted by Gasteiger charge is -2.32. The van der Waals surface area contributed by atoms with Gasteiger partial charge in [0.2, 0.25) is 0 Å². The SMILES string of the molecule is CC(C)C(=O)C1CCN(CCCC(C)(C)C)CC1. The van der Waals surface area contributed by atoms with E-state index in [-0.39, 0.29) is 5.92 Å². The summed E-state index contributed by atoms with van der Waals surface area (Å²) in [7, 11) is 0. The van der Waals surface area contributed by atoms with Crippen LogP contribution in [0.2, 0.25) is 0 Å². The molecule has 0 aliphatic carbocycles. The highest BCUT2D eigenvalue weighted by atomic mass is 16.1. The lowest BCUT2D eigenvalue weighted by Crippen LogP contribution is -2.38. The van der Waals surface area contributed by atoms with E-state index in [9.17, 15) is 4.79 Å². The Bertz CT molecular complexity index is 257. The molecule has 0 spiro atoms. The van der Waals surface area contributed by atoms with Crippen molar-refractivity contribution in [1.29, 1.82) is 0 Å². The fourth-order valence-electron chi connectivity index (χ4n) is 2.75. The summed E-state index contributed by atoms with van der Waals surface area (Å²) in [6, 6.07) is 0. The molecular weight excluding hydrogens is 222 g/mol. The highest BCUT2D eigenvalue weighted by molar-refractivity contribution is 5.82. The number of rotatable bonds is 5. The number of carbonyl (C=O) groups excluding carboxylic acids is 1. The third kappa shape index (κ3) is 5.51. The van der Waals surface area contributed by atoms with Crippen molar-refractivity contribution in [1.82, 2.24) is 4.90 Å². The smallest absolute Gasteiger partial charge is 0.138 e. The normalized spacial score (nSPS) is 19.4. The molecular formula is C16H31NO. The van der Waals surface area contributed by atoms with Gasteiger partial charge in [0.1, 0.15) is 5.78 Å². The van der Waals surface area contributed by atoms with Crippen molar-refractivity contribution in [3.63, 3.8) is 0 Å². The van der Waals surface area contributed by atoms with Crippen molar-refractivity contribution in [2.24, 2.45) is 17.3 Å². The Balaban J connectivity index is 2.21. The van der Waals surface area contributed by atoms with Gasteiger partial charge in [-0.05, 0) is 50.7 Å². The number of hydrogen-bond acceptors (Lipinski definition) is 2. The number of piperidine rings is 1. The summed E-state index contributed by atoms with van der Waals surface area (Å²) in [5.41, 5.74) is 0.450. The maximum absolute atomic E-state index is 11.9. The van der Waals surface area contributed by atoms with E-state index in [0.717, 1.165) is 25.9 Å². The molecule has 1 heterocycles. The minimum atomic E-state index is 0.211. The van der Waals surface area contributed by atoms with E-state index < -0.39 is 0 Å². The van der Waals surface area contributed by atoms with Crippen molar-refractivity contribution in [3.8, 4) is 0 Å². The molecule has 2 nitrogen and oxygen atoms in total. The summed E-state index contributed by atoms with van der Waals surface area (Å²) in [4.78, 5) is 14.5. The van der Waals surface area contributed by atoms with Crippen molar-refractivity contribution in [2.75, 3.05) is 19.6 Å². The number of nitrogens with zero attached hydrogens (tertiary/aromatic N) is 1. The highest BCUT2D eigenvalue weighted by Gasteiger charge is 2.26. The monoisotopic (exact) mass is 253 g/mol. The zero-order valence-corrected chi connectivity index (χ0v) is 13.0. The van der Waals surface area contributed by atoms with Gasteiger partial charge in [-0.3, -0.25) is 4.79 Å². The largest absolute Gasteiger partial charge is 0.303 e. The molecule has 0 saturated carbocycles. The van der Waals surface area contributed by atoms with E-state index in [1.165, 1.54) is 19.4 Å². The fraction of sp³-hybridized carbons (Fsp3) is 0.938. The lowest BCUT2D eigenvalue weighted by molar-refractivity contribution is -0.127. The van der Waals surface area contributed by atoms with Gasteiger partial charge in [-0.1, -0.05) is 34.6 Å². The number of Topliss-reactive ketones (excluding diaryl/α,β-unsaturated/α-hetero) is 1. The van der Waals surface area contributed by atoms with Gasteiger partial charge >= 0.3 is 0 Å². The Morgan fingerprint density at radius 3 is 2.22 bits per heavy atom. The standard InChI is InChI=1S/C16H31NO/c1-13(2)15(18)14-7-11-17(12-8-14)10-6-9-16(3,4)5/h13-14H,6-12H2,1-5H3. The Morgan fingerprint density at radius 1 is 1.22 bits per heavy atom. The van der Waals surface area contributed by atoms with Crippen LogP contribution in [0.1, 0.15) is 60.3 Å². The fourth-order valence-corrected chi connectivity index (χ4v) is 2.75. The first-order valence-electron chi connectivity index (χ1n) is 7.55. The van der Waals surface area contributed by atoms with Crippen LogP contribution in [-0.4, -0.2) is 30.3 Å². The molecule has 1 rings (SSSR count). The minimum absolute atomic E-state index is 0.211. The number of hydrogen-bond donors (Lipinski definition) is 0. The van der Waals surface area contributed by atoms with Gasteiger partial charge in [0.15, 0.2) is 0 Å². The van der Waals surface area contributed by atoms with Crippen LogP contribution in [0.5, 0.6) is 0 Å². The first kappa shape index (κ1) is 15.7. The minimum Gasteiger partial charge on any atom is -0.303 e. The van der Waals surface area contributed by atoms with Crippen molar-refractivity contribution < 1.29 is 4.79 Å². The molecule has 1 saturated heterocycles. The molecule has 0 bridgehead atoms. The average Bonchev–Trinajstić information content (AvgIpc) is 2.27. The topological polar surface area (TPSA) is 20.3 Å². The van der Waals surface area contributed by atoms with Gasteiger partial charge in [0.25, 0.3) is 0 Å². The van der Waals surface area contributed by atoms with Gasteiger partial charge in [0, 0.05) is 11.8 Å². The summed E-state index contributed by atoms with van der Waals surface area (Å²) in [6.45, 7) is 14.4. The van der Waals surface area contributed by atoms with Crippen LogP contribution >= 0.6 is 0 Å². The predicted molar refractivity (Wildman–Crippen MR) is 77.7 cm³/mol. The van der Waals surface area contributed by atoms with E-state index in [1.807, 2.05) is 13.8 Å².